The molecular weight excluding hydrogens is 514 g/mol. The molecule has 0 unspecified atom stereocenters. The van der Waals surface area contributed by atoms with Gasteiger partial charge >= 0.3 is 6.36 Å². The lowest BCUT2D eigenvalue weighted by Gasteiger charge is -2.25. The number of halogens is 5. The average molecular weight is 538 g/mol. The van der Waals surface area contributed by atoms with E-state index in [0.717, 1.165) is 50.9 Å². The molecule has 1 aliphatic rings. The number of alkyl halides is 3. The number of amides is 1. The van der Waals surface area contributed by atoms with Crippen molar-refractivity contribution in [3.05, 3.63) is 59.7 Å². The number of hydrogen-bond acceptors (Lipinski definition) is 6. The lowest BCUT2D eigenvalue weighted by atomic mass is 10.1. The van der Waals surface area contributed by atoms with Gasteiger partial charge in [-0.05, 0) is 62.7 Å². The van der Waals surface area contributed by atoms with Crippen molar-refractivity contribution < 1.29 is 27.1 Å². The normalized spacial score (nSPS) is 14.7. The first-order valence-electron chi connectivity index (χ1n) is 11.6. The molecule has 2 N–H and O–H groups in total. The molecule has 4 rings (SSSR count). The number of nitrogens with zero attached hydrogens (tertiary/aromatic N) is 3. The molecule has 0 aliphatic carbocycles. The van der Waals surface area contributed by atoms with E-state index in [1.165, 1.54) is 30.7 Å². The Morgan fingerprint density at radius 1 is 1.14 bits per heavy atom. The van der Waals surface area contributed by atoms with Gasteiger partial charge < -0.3 is 20.3 Å². The summed E-state index contributed by atoms with van der Waals surface area (Å²) in [5.74, 6) is -1.63. The number of ether oxygens (including phenoxy) is 1. The summed E-state index contributed by atoms with van der Waals surface area (Å²) in [7, 11) is 0. The van der Waals surface area contributed by atoms with Gasteiger partial charge in [0.15, 0.2) is 5.75 Å². The van der Waals surface area contributed by atoms with Gasteiger partial charge in [0.05, 0.1) is 16.2 Å². The highest BCUT2D eigenvalue weighted by atomic mass is 35.5. The van der Waals surface area contributed by atoms with E-state index in [4.69, 9.17) is 11.6 Å². The Morgan fingerprint density at radius 2 is 1.92 bits per heavy atom. The SMILES string of the molecule is O=C(/C=C/CCN1CCCCC1)Nc1cc2c(Nc3ccc(F)c(Cl)c3)ncnc2cc1OC(F)(F)F. The van der Waals surface area contributed by atoms with Crippen molar-refractivity contribution in [2.24, 2.45) is 0 Å². The molecular formula is C25H24ClF4N5O2. The van der Waals surface area contributed by atoms with Gasteiger partial charge in [-0.2, -0.15) is 0 Å². The Bertz CT molecular complexity index is 1300. The second-order valence-corrected chi connectivity index (χ2v) is 8.88. The standard InChI is InChI=1S/C25H24ClF4N5O2/c26-18-12-16(7-8-19(18)27)33-24-17-13-21(22(37-25(28,29)30)14-20(17)31-15-32-24)34-23(36)6-2-5-11-35-9-3-1-4-10-35/h2,6-8,12-15H,1,3-5,9-11H2,(H,34,36)(H,31,32,33)/b6-2+. The third-order valence-electron chi connectivity index (χ3n) is 5.73. The van der Waals surface area contributed by atoms with Crippen LogP contribution in [0.3, 0.4) is 0 Å². The quantitative estimate of drug-likeness (QED) is 0.254. The summed E-state index contributed by atoms with van der Waals surface area (Å²) in [6.07, 6.45) is 3.30. The van der Waals surface area contributed by atoms with Gasteiger partial charge in [-0.3, -0.25) is 4.79 Å². The molecule has 0 saturated carbocycles. The highest BCUT2D eigenvalue weighted by molar-refractivity contribution is 6.31. The van der Waals surface area contributed by atoms with Crippen molar-refractivity contribution >= 4 is 45.6 Å². The van der Waals surface area contributed by atoms with Gasteiger partial charge in [-0.25, -0.2) is 14.4 Å². The van der Waals surface area contributed by atoms with E-state index in [2.05, 4.69) is 30.2 Å². The number of piperidine rings is 1. The summed E-state index contributed by atoms with van der Waals surface area (Å²) in [4.78, 5) is 23.0. The van der Waals surface area contributed by atoms with E-state index in [1.807, 2.05) is 0 Å². The van der Waals surface area contributed by atoms with Crippen LogP contribution >= 0.6 is 11.6 Å². The highest BCUT2D eigenvalue weighted by Gasteiger charge is 2.32. The number of carbonyl (C=O) groups excluding carboxylic acids is 1. The molecule has 196 valence electrons. The van der Waals surface area contributed by atoms with Crippen molar-refractivity contribution in [3.8, 4) is 5.75 Å². The molecule has 1 aromatic heterocycles. The molecule has 1 amide bonds. The fourth-order valence-corrected chi connectivity index (χ4v) is 4.19. The minimum atomic E-state index is -4.99. The predicted octanol–water partition coefficient (Wildman–Crippen LogP) is 6.44. The minimum Gasteiger partial charge on any atom is -0.403 e. The molecule has 37 heavy (non-hydrogen) atoms. The third kappa shape index (κ3) is 7.53. The lowest BCUT2D eigenvalue weighted by molar-refractivity contribution is -0.274. The number of hydrogen-bond donors (Lipinski definition) is 2. The average Bonchev–Trinajstić information content (AvgIpc) is 2.85. The van der Waals surface area contributed by atoms with Crippen LogP contribution in [0.15, 0.2) is 48.8 Å². The summed E-state index contributed by atoms with van der Waals surface area (Å²) >= 11 is 5.83. The fraction of sp³-hybridized carbons (Fsp3) is 0.320. The van der Waals surface area contributed by atoms with Crippen LogP contribution in [0.1, 0.15) is 25.7 Å². The Kier molecular flexibility index (Phi) is 8.45. The molecule has 0 atom stereocenters. The first-order valence-corrected chi connectivity index (χ1v) is 12.0. The summed E-state index contributed by atoms with van der Waals surface area (Å²) in [6.45, 7) is 2.86. The van der Waals surface area contributed by atoms with E-state index in [0.29, 0.717) is 17.5 Å². The maximum Gasteiger partial charge on any atom is 0.573 e. The molecule has 12 heteroatoms. The zero-order chi connectivity index (χ0) is 26.4. The van der Waals surface area contributed by atoms with Gasteiger partial charge in [-0.1, -0.05) is 24.1 Å². The Hall–Kier alpha value is -3.44. The van der Waals surface area contributed by atoms with E-state index in [1.54, 1.807) is 6.08 Å². The smallest absolute Gasteiger partial charge is 0.403 e. The molecule has 2 heterocycles. The maximum absolute atomic E-state index is 13.5. The van der Waals surface area contributed by atoms with Gasteiger partial charge in [0.2, 0.25) is 5.91 Å². The zero-order valence-corrected chi connectivity index (χ0v) is 20.4. The molecule has 0 radical (unpaired) electrons. The summed E-state index contributed by atoms with van der Waals surface area (Å²) in [6, 6.07) is 6.26. The maximum atomic E-state index is 13.5. The van der Waals surface area contributed by atoms with Crippen LogP contribution in [0.4, 0.5) is 34.8 Å². The highest BCUT2D eigenvalue weighted by Crippen LogP contribution is 2.36. The van der Waals surface area contributed by atoms with Crippen molar-refractivity contribution in [1.29, 1.82) is 0 Å². The molecule has 1 aliphatic heterocycles. The Morgan fingerprint density at radius 3 is 2.65 bits per heavy atom. The van der Waals surface area contributed by atoms with Crippen molar-refractivity contribution in [1.82, 2.24) is 14.9 Å². The second-order valence-electron chi connectivity index (χ2n) is 8.47. The molecule has 0 spiro atoms. The number of likely N-dealkylation sites (tertiary alicyclic amines) is 1. The number of carbonyl (C=O) groups is 1. The van der Waals surface area contributed by atoms with Crippen LogP contribution in [0.25, 0.3) is 10.9 Å². The van der Waals surface area contributed by atoms with E-state index >= 15 is 0 Å². The predicted molar refractivity (Wildman–Crippen MR) is 134 cm³/mol. The number of benzene rings is 2. The van der Waals surface area contributed by atoms with E-state index < -0.39 is 23.8 Å². The molecule has 0 bridgehead atoms. The largest absolute Gasteiger partial charge is 0.573 e. The molecule has 2 aromatic carbocycles. The van der Waals surface area contributed by atoms with Gasteiger partial charge in [0, 0.05) is 23.7 Å². The zero-order valence-electron chi connectivity index (χ0n) is 19.6. The molecule has 3 aromatic rings. The number of aromatic nitrogens is 2. The van der Waals surface area contributed by atoms with Crippen LogP contribution in [-0.2, 0) is 4.79 Å². The van der Waals surface area contributed by atoms with E-state index in [9.17, 15) is 22.4 Å². The van der Waals surface area contributed by atoms with Gasteiger partial charge in [-0.15, -0.1) is 13.2 Å². The Balaban J connectivity index is 1.57. The monoisotopic (exact) mass is 537 g/mol. The fourth-order valence-electron chi connectivity index (χ4n) is 4.01. The van der Waals surface area contributed by atoms with E-state index in [-0.39, 0.29) is 22.0 Å². The first-order chi connectivity index (χ1) is 17.7. The Labute approximate surface area is 215 Å². The number of nitrogens with one attached hydrogen (secondary N) is 2. The van der Waals surface area contributed by atoms with Crippen LogP contribution in [0, 0.1) is 5.82 Å². The molecule has 1 saturated heterocycles. The summed E-state index contributed by atoms with van der Waals surface area (Å²) < 4.78 is 56.9. The van der Waals surface area contributed by atoms with Gasteiger partial charge in [0.1, 0.15) is 18.0 Å². The first kappa shape index (κ1) is 26.6. The van der Waals surface area contributed by atoms with Gasteiger partial charge in [0.25, 0.3) is 0 Å². The molecule has 1 fully saturated rings. The lowest BCUT2D eigenvalue weighted by Crippen LogP contribution is -2.30. The van der Waals surface area contributed by atoms with Crippen molar-refractivity contribution in [2.75, 3.05) is 30.3 Å². The second kappa shape index (κ2) is 11.7. The summed E-state index contributed by atoms with van der Waals surface area (Å²) in [5, 5.41) is 5.56. The van der Waals surface area contributed by atoms with Crippen LogP contribution in [0.2, 0.25) is 5.02 Å². The number of fused-ring (bicyclic) bond motifs is 1. The topological polar surface area (TPSA) is 79.4 Å². The molecule has 7 nitrogen and oxygen atoms in total. The number of anilines is 3. The van der Waals surface area contributed by atoms with Crippen LogP contribution in [-0.4, -0.2) is 46.8 Å². The number of rotatable bonds is 8. The third-order valence-corrected chi connectivity index (χ3v) is 6.02. The van der Waals surface area contributed by atoms with Crippen LogP contribution in [0.5, 0.6) is 5.75 Å². The van der Waals surface area contributed by atoms with Crippen LogP contribution < -0.4 is 15.4 Å². The summed E-state index contributed by atoms with van der Waals surface area (Å²) in [5.41, 5.74) is 0.301. The van der Waals surface area contributed by atoms with Crippen molar-refractivity contribution in [2.45, 2.75) is 32.0 Å². The van der Waals surface area contributed by atoms with Crippen molar-refractivity contribution in [3.63, 3.8) is 0 Å². The minimum absolute atomic E-state index is 0.121.